The zero-order chi connectivity index (χ0) is 33.4. The molecule has 0 radical (unpaired) electrons. The molecule has 8 nitrogen and oxygen atoms in total. The van der Waals surface area contributed by atoms with Crippen LogP contribution in [0, 0.1) is 35.5 Å². The Labute approximate surface area is 266 Å². The highest BCUT2D eigenvalue weighted by Gasteiger charge is 2.50. The van der Waals surface area contributed by atoms with E-state index in [9.17, 15) is 15.0 Å². The molecule has 0 aromatic heterocycles. The number of cyclic esters (lactones) is 1. The van der Waals surface area contributed by atoms with E-state index in [4.69, 9.17) is 23.7 Å². The molecule has 0 saturated carbocycles. The van der Waals surface area contributed by atoms with Crippen molar-refractivity contribution in [3.8, 4) is 0 Å². The zero-order valence-corrected chi connectivity index (χ0v) is 29.2. The van der Waals surface area contributed by atoms with Crippen molar-refractivity contribution in [1.29, 1.82) is 0 Å². The van der Waals surface area contributed by atoms with Crippen molar-refractivity contribution >= 4 is 5.97 Å². The van der Waals surface area contributed by atoms with Crippen molar-refractivity contribution in [3.63, 3.8) is 0 Å². The van der Waals surface area contributed by atoms with Crippen molar-refractivity contribution < 1.29 is 38.7 Å². The third-order valence-electron chi connectivity index (χ3n) is 9.70. The first-order chi connectivity index (χ1) is 20.6. The molecular weight excluding hydrogens is 560 g/mol. The molecule has 0 aromatic rings. The quantitative estimate of drug-likeness (QED) is 0.302. The predicted octanol–water partition coefficient (Wildman–Crippen LogP) is 6.38. The van der Waals surface area contributed by atoms with E-state index >= 15 is 0 Å². The number of methoxy groups -OCH3 is 3. The lowest BCUT2D eigenvalue weighted by Crippen LogP contribution is -2.56. The van der Waals surface area contributed by atoms with Crippen LogP contribution < -0.4 is 0 Å². The topological polar surface area (TPSA) is 104 Å². The fraction of sp³-hybridized carbons (Fsp3) is 0.750. The van der Waals surface area contributed by atoms with E-state index in [-0.39, 0.29) is 23.7 Å². The van der Waals surface area contributed by atoms with Gasteiger partial charge in [-0.3, -0.25) is 0 Å². The van der Waals surface area contributed by atoms with Crippen molar-refractivity contribution in [3.05, 3.63) is 47.3 Å². The summed E-state index contributed by atoms with van der Waals surface area (Å²) >= 11 is 0. The van der Waals surface area contributed by atoms with Gasteiger partial charge in [-0.1, -0.05) is 83.9 Å². The van der Waals surface area contributed by atoms with Crippen LogP contribution in [0.2, 0.25) is 0 Å². The third kappa shape index (κ3) is 9.52. The Morgan fingerprint density at radius 1 is 1.02 bits per heavy atom. The fourth-order valence-electron chi connectivity index (χ4n) is 6.86. The Morgan fingerprint density at radius 3 is 2.25 bits per heavy atom. The highest BCUT2D eigenvalue weighted by atomic mass is 16.7. The van der Waals surface area contributed by atoms with Crippen LogP contribution in [0.4, 0.5) is 0 Å². The van der Waals surface area contributed by atoms with Crippen LogP contribution in [-0.4, -0.2) is 73.8 Å². The number of aliphatic hydroxyl groups excluding tert-OH is 2. The Bertz CT molecular complexity index is 1040. The van der Waals surface area contributed by atoms with E-state index < -0.39 is 48.0 Å². The molecule has 0 aromatic carbocycles. The number of hydrogen-bond donors (Lipinski definition) is 2. The van der Waals surface area contributed by atoms with E-state index in [1.54, 1.807) is 20.3 Å². The Kier molecular flexibility index (Phi) is 14.8. The zero-order valence-electron chi connectivity index (χ0n) is 29.2. The predicted molar refractivity (Wildman–Crippen MR) is 174 cm³/mol. The highest BCUT2D eigenvalue weighted by Crippen LogP contribution is 2.43. The number of hydrogen-bond acceptors (Lipinski definition) is 8. The normalized spacial score (nSPS) is 39.5. The summed E-state index contributed by atoms with van der Waals surface area (Å²) in [4.78, 5) is 13.6. The molecule has 1 saturated heterocycles. The van der Waals surface area contributed by atoms with Crippen LogP contribution in [0.1, 0.15) is 81.6 Å². The maximum absolute atomic E-state index is 13.6. The maximum Gasteiger partial charge on any atom is 0.373 e. The molecular formula is C36H60O8. The molecule has 0 unspecified atom stereocenters. The van der Waals surface area contributed by atoms with E-state index in [1.807, 2.05) is 65.8 Å². The van der Waals surface area contributed by atoms with Gasteiger partial charge in [-0.05, 0) is 50.5 Å². The van der Waals surface area contributed by atoms with Gasteiger partial charge in [-0.25, -0.2) is 4.79 Å². The lowest BCUT2D eigenvalue weighted by molar-refractivity contribution is -0.323. The average Bonchev–Trinajstić information content (AvgIpc) is 2.99. The van der Waals surface area contributed by atoms with Gasteiger partial charge in [-0.2, -0.15) is 0 Å². The lowest BCUT2D eigenvalue weighted by Gasteiger charge is -2.49. The second kappa shape index (κ2) is 17.1. The number of rotatable bonds is 8. The van der Waals surface area contributed by atoms with Crippen LogP contribution in [0.5, 0.6) is 0 Å². The van der Waals surface area contributed by atoms with Crippen molar-refractivity contribution in [2.45, 2.75) is 118 Å². The average molecular weight is 621 g/mol. The van der Waals surface area contributed by atoms with Gasteiger partial charge in [-0.15, -0.1) is 0 Å². The smallest absolute Gasteiger partial charge is 0.373 e. The van der Waals surface area contributed by atoms with E-state index in [2.05, 4.69) is 20.8 Å². The molecule has 0 aliphatic carbocycles. The minimum Gasteiger partial charge on any atom is -0.490 e. The molecule has 8 heteroatoms. The first kappa shape index (κ1) is 38.2. The number of carbonyl (C=O) groups excluding carboxylic acids is 1. The number of allylic oxidation sites excluding steroid dienone is 5. The minimum atomic E-state index is -0.979. The summed E-state index contributed by atoms with van der Waals surface area (Å²) in [5, 5.41) is 22.8. The Balaban J connectivity index is 2.53. The monoisotopic (exact) mass is 620 g/mol. The molecule has 2 heterocycles. The molecule has 0 amide bonds. The largest absolute Gasteiger partial charge is 0.490 e. The van der Waals surface area contributed by atoms with Gasteiger partial charge in [0.1, 0.15) is 12.2 Å². The van der Waals surface area contributed by atoms with E-state index in [1.165, 1.54) is 7.11 Å². The second-order valence-corrected chi connectivity index (χ2v) is 13.6. The van der Waals surface area contributed by atoms with Crippen LogP contribution in [0.25, 0.3) is 0 Å². The van der Waals surface area contributed by atoms with Gasteiger partial charge in [0.25, 0.3) is 0 Å². The van der Waals surface area contributed by atoms with Gasteiger partial charge in [0, 0.05) is 38.4 Å². The Hall–Kier alpha value is -1.97. The minimum absolute atomic E-state index is 0.00366. The SMILES string of the molecule is CO/C1=C\C(C)=C\[C@@H](C)[C@@H](O)[C@@H](C)C/C(C)=C/C=C/[C@H](OC)[C@@H]([C@@H](C)[C@@H](O)[C@H](C)[C@@]2(OC)CC[C@H](C)[C@@H](C(C)C)O2)OC1=O. The van der Waals surface area contributed by atoms with E-state index in [0.29, 0.717) is 18.3 Å². The van der Waals surface area contributed by atoms with Gasteiger partial charge in [0.2, 0.25) is 5.76 Å². The molecule has 1 fully saturated rings. The third-order valence-corrected chi connectivity index (χ3v) is 9.70. The number of ether oxygens (including phenoxy) is 5. The number of carbonyl (C=O) groups is 1. The van der Waals surface area contributed by atoms with Crippen LogP contribution in [-0.2, 0) is 28.5 Å². The lowest BCUT2D eigenvalue weighted by atomic mass is 9.77. The van der Waals surface area contributed by atoms with E-state index in [0.717, 1.165) is 24.0 Å². The molecule has 0 spiro atoms. The molecule has 2 aliphatic heterocycles. The van der Waals surface area contributed by atoms with Gasteiger partial charge < -0.3 is 33.9 Å². The molecule has 2 aliphatic rings. The molecule has 0 bridgehead atoms. The molecule has 252 valence electrons. The van der Waals surface area contributed by atoms with Crippen LogP contribution >= 0.6 is 0 Å². The van der Waals surface area contributed by atoms with Gasteiger partial charge in [0.15, 0.2) is 5.79 Å². The summed E-state index contributed by atoms with van der Waals surface area (Å²) in [6, 6.07) is 0. The van der Waals surface area contributed by atoms with Crippen LogP contribution in [0.15, 0.2) is 47.3 Å². The molecule has 44 heavy (non-hydrogen) atoms. The van der Waals surface area contributed by atoms with Crippen molar-refractivity contribution in [1.82, 2.24) is 0 Å². The van der Waals surface area contributed by atoms with Crippen LogP contribution in [0.3, 0.4) is 0 Å². The summed E-state index contributed by atoms with van der Waals surface area (Å²) in [6.45, 7) is 18.2. The van der Waals surface area contributed by atoms with Crippen molar-refractivity contribution in [2.24, 2.45) is 35.5 Å². The first-order valence-corrected chi connectivity index (χ1v) is 16.2. The van der Waals surface area contributed by atoms with Gasteiger partial charge >= 0.3 is 5.97 Å². The second-order valence-electron chi connectivity index (χ2n) is 13.6. The summed E-state index contributed by atoms with van der Waals surface area (Å²) in [5.74, 6) is -2.07. The summed E-state index contributed by atoms with van der Waals surface area (Å²) < 4.78 is 30.1. The van der Waals surface area contributed by atoms with Gasteiger partial charge in [0.05, 0.1) is 25.4 Å². The van der Waals surface area contributed by atoms with Crippen molar-refractivity contribution in [2.75, 3.05) is 21.3 Å². The number of aliphatic hydroxyl groups is 2. The standard InChI is InChI=1S/C36H60O8/c1-21(2)33-24(5)16-17-36(42-12,44-33)28(9)32(38)27(8)34-29(40-10)15-13-14-22(3)18-25(6)31(37)26(7)19-23(4)20-30(41-11)35(39)43-34/h13-15,19-21,24-29,31-34,37-38H,16-18H2,1-12H3/b15-13+,22-14+,23-19+,30-20-/t24-,25-,26+,27-,28-,29-,31-,32+,33+,34+,36+/m0/s1. The summed E-state index contributed by atoms with van der Waals surface area (Å²) in [6.07, 6.45) is 8.50. The fourth-order valence-corrected chi connectivity index (χ4v) is 6.86. The Morgan fingerprint density at radius 2 is 1.68 bits per heavy atom. The molecule has 2 rings (SSSR count). The molecule has 2 N–H and O–H groups in total. The highest BCUT2D eigenvalue weighted by molar-refractivity contribution is 5.87. The summed E-state index contributed by atoms with van der Waals surface area (Å²) in [5.41, 5.74) is 1.87. The molecule has 11 atom stereocenters. The first-order valence-electron chi connectivity index (χ1n) is 16.2. The number of esters is 1. The maximum atomic E-state index is 13.6. The summed E-state index contributed by atoms with van der Waals surface area (Å²) in [7, 11) is 4.61.